The number of thiocarbonyl (C=S) groups is 1. The topological polar surface area (TPSA) is 36.5 Å². The average molecular weight is 368 g/mol. The van der Waals surface area contributed by atoms with Crippen LogP contribution in [0.15, 0.2) is 54.6 Å². The van der Waals surface area contributed by atoms with Crippen molar-refractivity contribution in [2.24, 2.45) is 0 Å². The van der Waals surface area contributed by atoms with Gasteiger partial charge in [0.1, 0.15) is 11.4 Å². The van der Waals surface area contributed by atoms with Crippen LogP contribution in [-0.4, -0.2) is 35.8 Å². The minimum absolute atomic E-state index is 0.0963. The summed E-state index contributed by atoms with van der Waals surface area (Å²) in [5.74, 6) is 0.989. The summed E-state index contributed by atoms with van der Waals surface area (Å²) in [6, 6.07) is 18.5. The first kappa shape index (κ1) is 17.3. The van der Waals surface area contributed by atoms with Gasteiger partial charge in [-0.25, -0.2) is 0 Å². The molecule has 0 amide bonds. The fourth-order valence-electron chi connectivity index (χ4n) is 3.93. The van der Waals surface area contributed by atoms with Crippen LogP contribution >= 0.6 is 12.2 Å². The van der Waals surface area contributed by atoms with E-state index in [1.165, 1.54) is 5.56 Å². The Morgan fingerprint density at radius 3 is 2.54 bits per heavy atom. The third kappa shape index (κ3) is 3.69. The van der Waals surface area contributed by atoms with E-state index < -0.39 is 0 Å². The van der Waals surface area contributed by atoms with E-state index in [4.69, 9.17) is 17.0 Å². The van der Waals surface area contributed by atoms with Crippen LogP contribution in [0.1, 0.15) is 30.9 Å². The molecular formula is C21H25N3OS. The van der Waals surface area contributed by atoms with Crippen LogP contribution in [0.3, 0.4) is 0 Å². The van der Waals surface area contributed by atoms with Gasteiger partial charge in [-0.15, -0.1) is 0 Å². The molecule has 0 unspecified atom stereocenters. The van der Waals surface area contributed by atoms with Crippen molar-refractivity contribution < 1.29 is 4.74 Å². The molecule has 2 aromatic carbocycles. The number of likely N-dealkylation sites (tertiary alicyclic amines) is 1. The zero-order valence-corrected chi connectivity index (χ0v) is 15.9. The maximum atomic E-state index is 6.51. The molecule has 136 valence electrons. The van der Waals surface area contributed by atoms with Crippen molar-refractivity contribution in [3.8, 4) is 5.75 Å². The number of nitrogens with zero attached hydrogens (tertiary/aromatic N) is 1. The standard InChI is InChI=1S/C21H25N3OS/c1-24-13-11-21(12-14-24)15-18(17-9-5-6-10-19(17)25-21)23-20(26)22-16-7-3-2-4-8-16/h2-10,18H,11-15H2,1H3,(H2,22,23,26)/t18-/m0/s1. The Morgan fingerprint density at radius 2 is 1.77 bits per heavy atom. The van der Waals surface area contributed by atoms with Gasteiger partial charge in [0, 0.05) is 30.8 Å². The second kappa shape index (κ2) is 7.25. The van der Waals surface area contributed by atoms with Crippen LogP contribution in [0.5, 0.6) is 5.75 Å². The average Bonchev–Trinajstić information content (AvgIpc) is 2.65. The zero-order valence-electron chi connectivity index (χ0n) is 15.1. The number of hydrogen-bond donors (Lipinski definition) is 2. The zero-order chi connectivity index (χ0) is 18.0. The molecule has 2 aliphatic rings. The number of ether oxygens (including phenoxy) is 1. The van der Waals surface area contributed by atoms with Gasteiger partial charge < -0.3 is 20.3 Å². The van der Waals surface area contributed by atoms with Crippen molar-refractivity contribution in [1.29, 1.82) is 0 Å². The summed E-state index contributed by atoms with van der Waals surface area (Å²) in [5.41, 5.74) is 2.09. The molecule has 1 saturated heterocycles. The van der Waals surface area contributed by atoms with E-state index in [1.807, 2.05) is 36.4 Å². The quantitative estimate of drug-likeness (QED) is 0.786. The summed E-state index contributed by atoms with van der Waals surface area (Å²) in [6.45, 7) is 2.14. The summed E-state index contributed by atoms with van der Waals surface area (Å²) in [7, 11) is 2.18. The third-order valence-corrected chi connectivity index (χ3v) is 5.65. The highest BCUT2D eigenvalue weighted by Gasteiger charge is 2.42. The molecule has 2 N–H and O–H groups in total. The fourth-order valence-corrected chi connectivity index (χ4v) is 4.19. The maximum absolute atomic E-state index is 6.51. The van der Waals surface area contributed by atoms with Gasteiger partial charge in [0.05, 0.1) is 6.04 Å². The van der Waals surface area contributed by atoms with Gasteiger partial charge in [-0.3, -0.25) is 0 Å². The molecule has 1 spiro atoms. The molecule has 4 nitrogen and oxygen atoms in total. The van der Waals surface area contributed by atoms with Gasteiger partial charge in [-0.05, 0) is 50.3 Å². The fraction of sp³-hybridized carbons (Fsp3) is 0.381. The minimum atomic E-state index is -0.0963. The van der Waals surface area contributed by atoms with E-state index in [-0.39, 0.29) is 11.6 Å². The monoisotopic (exact) mass is 367 g/mol. The van der Waals surface area contributed by atoms with Crippen LogP contribution in [-0.2, 0) is 0 Å². The lowest BCUT2D eigenvalue weighted by atomic mass is 9.80. The van der Waals surface area contributed by atoms with E-state index in [0.717, 1.165) is 43.8 Å². The molecule has 0 radical (unpaired) electrons. The minimum Gasteiger partial charge on any atom is -0.487 e. The van der Waals surface area contributed by atoms with Gasteiger partial charge in [-0.2, -0.15) is 0 Å². The van der Waals surface area contributed by atoms with Crippen molar-refractivity contribution in [3.05, 3.63) is 60.2 Å². The first-order chi connectivity index (χ1) is 12.6. The molecule has 0 bridgehead atoms. The third-order valence-electron chi connectivity index (χ3n) is 5.43. The number of hydrogen-bond acceptors (Lipinski definition) is 3. The molecule has 0 saturated carbocycles. The molecule has 26 heavy (non-hydrogen) atoms. The Morgan fingerprint density at radius 1 is 1.08 bits per heavy atom. The summed E-state index contributed by atoms with van der Waals surface area (Å²) in [6.07, 6.45) is 3.04. The molecule has 0 aromatic heterocycles. The van der Waals surface area contributed by atoms with Gasteiger partial charge in [0.25, 0.3) is 0 Å². The summed E-state index contributed by atoms with van der Waals surface area (Å²) in [4.78, 5) is 2.37. The van der Waals surface area contributed by atoms with Gasteiger partial charge in [0.15, 0.2) is 5.11 Å². The molecule has 1 atom stereocenters. The Kier molecular flexibility index (Phi) is 4.83. The predicted octanol–water partition coefficient (Wildman–Crippen LogP) is 3.96. The first-order valence-corrected chi connectivity index (χ1v) is 9.63. The molecule has 2 aliphatic heterocycles. The molecule has 2 heterocycles. The smallest absolute Gasteiger partial charge is 0.171 e. The lowest BCUT2D eigenvalue weighted by Crippen LogP contribution is -2.51. The summed E-state index contributed by atoms with van der Waals surface area (Å²) < 4.78 is 6.51. The number of anilines is 1. The predicted molar refractivity (Wildman–Crippen MR) is 110 cm³/mol. The van der Waals surface area contributed by atoms with Crippen LogP contribution < -0.4 is 15.4 Å². The largest absolute Gasteiger partial charge is 0.487 e. The van der Waals surface area contributed by atoms with E-state index in [2.05, 4.69) is 40.8 Å². The summed E-state index contributed by atoms with van der Waals surface area (Å²) >= 11 is 5.58. The van der Waals surface area contributed by atoms with Crippen molar-refractivity contribution in [3.63, 3.8) is 0 Å². The second-order valence-electron chi connectivity index (χ2n) is 7.35. The van der Waals surface area contributed by atoms with E-state index >= 15 is 0 Å². The lowest BCUT2D eigenvalue weighted by molar-refractivity contribution is -0.0183. The van der Waals surface area contributed by atoms with Crippen molar-refractivity contribution in [2.45, 2.75) is 30.9 Å². The van der Waals surface area contributed by atoms with E-state index in [0.29, 0.717) is 5.11 Å². The van der Waals surface area contributed by atoms with Gasteiger partial charge in [0.2, 0.25) is 0 Å². The normalized spacial score (nSPS) is 21.5. The first-order valence-electron chi connectivity index (χ1n) is 9.23. The SMILES string of the molecule is CN1CCC2(CC1)C[C@H](NC(=S)Nc1ccccc1)c1ccccc1O2. The van der Waals surface area contributed by atoms with Crippen LogP contribution in [0.4, 0.5) is 5.69 Å². The van der Waals surface area contributed by atoms with E-state index in [1.54, 1.807) is 0 Å². The van der Waals surface area contributed by atoms with E-state index in [9.17, 15) is 0 Å². The highest BCUT2D eigenvalue weighted by Crippen LogP contribution is 2.44. The Balaban J connectivity index is 1.53. The molecule has 2 aromatic rings. The molecular weight excluding hydrogens is 342 g/mol. The van der Waals surface area contributed by atoms with Gasteiger partial charge >= 0.3 is 0 Å². The van der Waals surface area contributed by atoms with Crippen molar-refractivity contribution >= 4 is 23.0 Å². The molecule has 5 heteroatoms. The Hall–Kier alpha value is -2.11. The highest BCUT2D eigenvalue weighted by molar-refractivity contribution is 7.80. The molecule has 0 aliphatic carbocycles. The van der Waals surface area contributed by atoms with Crippen LogP contribution in [0.2, 0.25) is 0 Å². The summed E-state index contributed by atoms with van der Waals surface area (Å²) in [5, 5.41) is 7.48. The van der Waals surface area contributed by atoms with Crippen molar-refractivity contribution in [1.82, 2.24) is 10.2 Å². The number of rotatable bonds is 2. The molecule has 4 rings (SSSR count). The Bertz CT molecular complexity index is 772. The Labute approximate surface area is 160 Å². The number of nitrogens with one attached hydrogen (secondary N) is 2. The second-order valence-corrected chi connectivity index (χ2v) is 7.76. The number of benzene rings is 2. The highest BCUT2D eigenvalue weighted by atomic mass is 32.1. The van der Waals surface area contributed by atoms with Crippen LogP contribution in [0, 0.1) is 0 Å². The van der Waals surface area contributed by atoms with Gasteiger partial charge in [-0.1, -0.05) is 36.4 Å². The lowest BCUT2D eigenvalue weighted by Gasteiger charge is -2.46. The molecule has 1 fully saturated rings. The number of para-hydroxylation sites is 2. The maximum Gasteiger partial charge on any atom is 0.171 e. The number of piperidine rings is 1. The number of fused-ring (bicyclic) bond motifs is 1. The van der Waals surface area contributed by atoms with Crippen LogP contribution in [0.25, 0.3) is 0 Å². The van der Waals surface area contributed by atoms with Crippen molar-refractivity contribution in [2.75, 3.05) is 25.5 Å².